The molecule has 0 heterocycles. The topological polar surface area (TPSA) is 79.5 Å². The summed E-state index contributed by atoms with van der Waals surface area (Å²) in [5.41, 5.74) is 0. The largest absolute Gasteiger partial charge is 0.472 e. The number of likely N-dealkylation sites (N-methyl/N-ethyl adjacent to an activating group) is 1. The average Bonchev–Trinajstić information content (AvgIpc) is 2.76. The summed E-state index contributed by atoms with van der Waals surface area (Å²) in [6, 6.07) is 2.17. The Morgan fingerprint density at radius 3 is 1.76 bits per heavy atom. The van der Waals surface area contributed by atoms with E-state index >= 15 is 0 Å². The Morgan fingerprint density at radius 1 is 0.853 bits per heavy atom. The molecule has 0 radical (unpaired) electrons. The Bertz CT molecular complexity index is 552. The summed E-state index contributed by atoms with van der Waals surface area (Å²) in [5, 5.41) is 9.28. The molecule has 2 atom stereocenters. The van der Waals surface area contributed by atoms with Gasteiger partial charge in [-0.1, -0.05) is 96.8 Å². The van der Waals surface area contributed by atoms with Gasteiger partial charge in [0.2, 0.25) is 0 Å². The van der Waals surface area contributed by atoms with Crippen LogP contribution in [0.4, 0.5) is 0 Å². The Morgan fingerprint density at radius 2 is 1.32 bits per heavy atom. The minimum Gasteiger partial charge on any atom is -0.329 e. The standard InChI is InChI=1S/C26H53N2O4PS/c1-5-6-7-8-9-10-11-12-13-14-15-16-17-18-19-22-34-25-26(23-27)24-32-33(29,30)31-21-20-28(2,3)4/h26H,5-22,24-25H2,1-4H3/p+1. The van der Waals surface area contributed by atoms with E-state index in [4.69, 9.17) is 9.05 Å². The van der Waals surface area contributed by atoms with Gasteiger partial charge in [-0.25, -0.2) is 4.57 Å². The van der Waals surface area contributed by atoms with Crippen molar-refractivity contribution in [1.29, 1.82) is 5.26 Å². The predicted molar refractivity (Wildman–Crippen MR) is 146 cm³/mol. The van der Waals surface area contributed by atoms with E-state index in [1.165, 1.54) is 89.9 Å². The van der Waals surface area contributed by atoms with Gasteiger partial charge >= 0.3 is 7.82 Å². The fourth-order valence-electron chi connectivity index (χ4n) is 3.58. The Balaban J connectivity index is 3.52. The summed E-state index contributed by atoms with van der Waals surface area (Å²) < 4.78 is 22.6. The molecule has 0 aromatic carbocycles. The number of hydrogen-bond donors (Lipinski definition) is 1. The molecule has 0 bridgehead atoms. The van der Waals surface area contributed by atoms with Crippen LogP contribution in [0.5, 0.6) is 0 Å². The molecule has 0 aromatic rings. The van der Waals surface area contributed by atoms with Crippen LogP contribution >= 0.6 is 19.6 Å². The molecule has 202 valence electrons. The molecule has 0 aliphatic rings. The van der Waals surface area contributed by atoms with Crippen molar-refractivity contribution in [3.05, 3.63) is 0 Å². The first-order valence-corrected chi connectivity index (χ1v) is 16.2. The number of unbranched alkanes of at least 4 members (excludes halogenated alkanes) is 14. The highest BCUT2D eigenvalue weighted by atomic mass is 32.2. The Hall–Kier alpha value is -0.0900. The molecular formula is C26H54N2O4PS+. The van der Waals surface area contributed by atoms with E-state index in [9.17, 15) is 14.7 Å². The van der Waals surface area contributed by atoms with Crippen LogP contribution < -0.4 is 0 Å². The molecule has 0 aliphatic carbocycles. The first-order valence-electron chi connectivity index (χ1n) is 13.6. The van der Waals surface area contributed by atoms with Gasteiger partial charge in [-0.15, -0.1) is 0 Å². The summed E-state index contributed by atoms with van der Waals surface area (Å²) >= 11 is 1.73. The first kappa shape index (κ1) is 33.9. The lowest BCUT2D eigenvalue weighted by atomic mass is 10.0. The van der Waals surface area contributed by atoms with Crippen molar-refractivity contribution in [2.75, 3.05) is 52.4 Å². The van der Waals surface area contributed by atoms with Crippen LogP contribution in [0.2, 0.25) is 0 Å². The van der Waals surface area contributed by atoms with Gasteiger partial charge in [-0.2, -0.15) is 17.0 Å². The highest BCUT2D eigenvalue weighted by molar-refractivity contribution is 7.99. The monoisotopic (exact) mass is 521 g/mol. The van der Waals surface area contributed by atoms with Crippen molar-refractivity contribution in [3.63, 3.8) is 0 Å². The zero-order chi connectivity index (χ0) is 25.5. The molecular weight excluding hydrogens is 467 g/mol. The molecule has 1 N–H and O–H groups in total. The SMILES string of the molecule is CCCCCCCCCCCCCCCCCSCC(C#N)COP(=O)(O)OCC[N+](C)(C)C. The van der Waals surface area contributed by atoms with Gasteiger partial charge in [0.1, 0.15) is 13.2 Å². The van der Waals surface area contributed by atoms with Crippen molar-refractivity contribution in [3.8, 4) is 6.07 Å². The van der Waals surface area contributed by atoms with E-state index in [-0.39, 0.29) is 13.2 Å². The minimum atomic E-state index is -4.09. The second kappa shape index (κ2) is 22.1. The average molecular weight is 522 g/mol. The molecule has 0 rings (SSSR count). The van der Waals surface area contributed by atoms with Gasteiger partial charge < -0.3 is 9.38 Å². The van der Waals surface area contributed by atoms with E-state index < -0.39 is 13.7 Å². The normalized spacial score (nSPS) is 14.6. The number of rotatable bonds is 25. The van der Waals surface area contributed by atoms with E-state index in [0.29, 0.717) is 16.8 Å². The number of nitriles is 1. The van der Waals surface area contributed by atoms with E-state index in [1.54, 1.807) is 11.8 Å². The van der Waals surface area contributed by atoms with Crippen molar-refractivity contribution in [2.45, 2.75) is 103 Å². The summed E-state index contributed by atoms with van der Waals surface area (Å²) in [5.74, 6) is 1.24. The third kappa shape index (κ3) is 25.0. The summed E-state index contributed by atoms with van der Waals surface area (Å²) in [7, 11) is 1.85. The zero-order valence-electron chi connectivity index (χ0n) is 22.6. The minimum absolute atomic E-state index is 0.0689. The molecule has 34 heavy (non-hydrogen) atoms. The quantitative estimate of drug-likeness (QED) is 0.0758. The van der Waals surface area contributed by atoms with Crippen LogP contribution in [0.1, 0.15) is 103 Å². The van der Waals surface area contributed by atoms with E-state index in [1.807, 2.05) is 21.1 Å². The lowest BCUT2D eigenvalue weighted by Gasteiger charge is -2.24. The highest BCUT2D eigenvalue weighted by Gasteiger charge is 2.24. The molecule has 8 heteroatoms. The zero-order valence-corrected chi connectivity index (χ0v) is 24.4. The third-order valence-electron chi connectivity index (χ3n) is 5.85. The first-order chi connectivity index (χ1) is 16.2. The molecule has 0 fully saturated rings. The molecule has 0 spiro atoms. The van der Waals surface area contributed by atoms with Gasteiger partial charge in [-0.3, -0.25) is 9.05 Å². The Kier molecular flexibility index (Phi) is 22.1. The lowest BCUT2D eigenvalue weighted by molar-refractivity contribution is -0.870. The summed E-state index contributed by atoms with van der Waals surface area (Å²) in [4.78, 5) is 9.76. The van der Waals surface area contributed by atoms with Crippen molar-refractivity contribution in [2.24, 2.45) is 5.92 Å². The Labute approximate surface area is 215 Å². The van der Waals surface area contributed by atoms with Crippen LogP contribution in [0.15, 0.2) is 0 Å². The van der Waals surface area contributed by atoms with Crippen LogP contribution in [0.3, 0.4) is 0 Å². The molecule has 0 amide bonds. The highest BCUT2D eigenvalue weighted by Crippen LogP contribution is 2.43. The van der Waals surface area contributed by atoms with Crippen molar-refractivity contribution in [1.82, 2.24) is 0 Å². The molecule has 0 saturated carbocycles. The van der Waals surface area contributed by atoms with Gasteiger partial charge in [0.15, 0.2) is 0 Å². The molecule has 2 unspecified atom stereocenters. The van der Waals surface area contributed by atoms with E-state index in [0.717, 1.165) is 12.2 Å². The fraction of sp³-hybridized carbons (Fsp3) is 0.962. The van der Waals surface area contributed by atoms with Gasteiger partial charge in [0, 0.05) is 5.75 Å². The van der Waals surface area contributed by atoms with Gasteiger partial charge in [0.05, 0.1) is 39.7 Å². The number of phosphoric acid groups is 1. The van der Waals surface area contributed by atoms with Crippen molar-refractivity contribution < 1.29 is 23.0 Å². The molecule has 0 aliphatic heterocycles. The summed E-state index contributed by atoms with van der Waals surface area (Å²) in [6.45, 7) is 2.95. The lowest BCUT2D eigenvalue weighted by Crippen LogP contribution is -2.37. The summed E-state index contributed by atoms with van der Waals surface area (Å²) in [6.07, 6.45) is 20.4. The number of nitrogens with zero attached hydrogens (tertiary/aromatic N) is 2. The van der Waals surface area contributed by atoms with Crippen LogP contribution in [0, 0.1) is 17.2 Å². The fourth-order valence-corrected chi connectivity index (χ4v) is 5.36. The van der Waals surface area contributed by atoms with Crippen LogP contribution in [-0.4, -0.2) is 61.8 Å². The maximum absolute atomic E-state index is 11.9. The number of quaternary nitrogens is 1. The van der Waals surface area contributed by atoms with Crippen LogP contribution in [0.25, 0.3) is 0 Å². The van der Waals surface area contributed by atoms with Gasteiger partial charge in [0.25, 0.3) is 0 Å². The van der Waals surface area contributed by atoms with Crippen LogP contribution in [-0.2, 0) is 13.6 Å². The maximum Gasteiger partial charge on any atom is 0.472 e. The predicted octanol–water partition coefficient (Wildman–Crippen LogP) is 7.57. The number of phosphoric ester groups is 1. The van der Waals surface area contributed by atoms with Gasteiger partial charge in [-0.05, 0) is 12.2 Å². The number of thioether (sulfide) groups is 1. The second-order valence-electron chi connectivity index (χ2n) is 10.5. The second-order valence-corrected chi connectivity index (χ2v) is 13.1. The molecule has 0 saturated heterocycles. The third-order valence-corrected chi connectivity index (χ3v) is 8.05. The smallest absolute Gasteiger partial charge is 0.329 e. The van der Waals surface area contributed by atoms with E-state index in [2.05, 4.69) is 13.0 Å². The molecule has 0 aromatic heterocycles. The number of hydrogen-bond acceptors (Lipinski definition) is 5. The molecule has 6 nitrogen and oxygen atoms in total. The van der Waals surface area contributed by atoms with Crippen molar-refractivity contribution >= 4 is 19.6 Å². The maximum atomic E-state index is 11.9.